The molecule has 5 atom stereocenters. The first kappa shape index (κ1) is 16.4. The number of ether oxygens (including phenoxy) is 5. The lowest BCUT2D eigenvalue weighted by atomic mass is 10.00. The normalized spacial score (nSPS) is 35.3. The van der Waals surface area contributed by atoms with E-state index in [2.05, 4.69) is 6.58 Å². The highest BCUT2D eigenvalue weighted by Gasteiger charge is 2.57. The Kier molecular flexibility index (Phi) is 4.69. The first-order chi connectivity index (χ1) is 9.80. The van der Waals surface area contributed by atoms with Gasteiger partial charge in [0.05, 0.1) is 12.2 Å². The van der Waals surface area contributed by atoms with E-state index in [1.54, 1.807) is 20.8 Å². The van der Waals surface area contributed by atoms with E-state index < -0.39 is 42.5 Å². The molecule has 0 aromatic rings. The molecule has 2 fully saturated rings. The van der Waals surface area contributed by atoms with Crippen LogP contribution < -0.4 is 0 Å². The number of carbonyl (C=O) groups excluding carboxylic acids is 1. The minimum absolute atomic E-state index is 0.0804. The number of fused-ring (bicyclic) bond motifs is 1. The molecule has 21 heavy (non-hydrogen) atoms. The number of carbonyl (C=O) groups is 1. The summed E-state index contributed by atoms with van der Waals surface area (Å²) in [5, 5.41) is 10.3. The third kappa shape index (κ3) is 3.12. The van der Waals surface area contributed by atoms with Crippen LogP contribution in [0.2, 0.25) is 0 Å². The van der Waals surface area contributed by atoms with E-state index in [-0.39, 0.29) is 12.2 Å². The van der Waals surface area contributed by atoms with Gasteiger partial charge in [-0.15, -0.1) is 0 Å². The molecule has 2 aliphatic heterocycles. The average Bonchev–Trinajstić information content (AvgIpc) is 2.88. The van der Waals surface area contributed by atoms with Gasteiger partial charge in [-0.25, -0.2) is 4.79 Å². The zero-order valence-corrected chi connectivity index (χ0v) is 12.7. The predicted molar refractivity (Wildman–Crippen MR) is 71.3 cm³/mol. The van der Waals surface area contributed by atoms with Gasteiger partial charge in [-0.05, 0) is 20.8 Å². The Morgan fingerprint density at radius 3 is 2.67 bits per heavy atom. The van der Waals surface area contributed by atoms with Gasteiger partial charge in [0.1, 0.15) is 24.4 Å². The molecule has 2 heterocycles. The summed E-state index contributed by atoms with van der Waals surface area (Å²) in [5.74, 6) is -1.44. The van der Waals surface area contributed by atoms with Crippen LogP contribution in [0.15, 0.2) is 12.2 Å². The number of aliphatic hydroxyl groups is 1. The number of rotatable bonds is 5. The lowest BCUT2D eigenvalue weighted by Crippen LogP contribution is -2.43. The van der Waals surface area contributed by atoms with Crippen molar-refractivity contribution >= 4 is 5.97 Å². The second kappa shape index (κ2) is 6.02. The van der Waals surface area contributed by atoms with Crippen LogP contribution in [-0.2, 0) is 28.5 Å². The van der Waals surface area contributed by atoms with Crippen molar-refractivity contribution in [2.75, 3.05) is 13.7 Å². The van der Waals surface area contributed by atoms with Gasteiger partial charge < -0.3 is 28.8 Å². The quantitative estimate of drug-likeness (QED) is 0.580. The minimum Gasteiger partial charge on any atom is -0.463 e. The molecule has 2 unspecified atom stereocenters. The molecule has 7 heteroatoms. The maximum atomic E-state index is 11.6. The van der Waals surface area contributed by atoms with Crippen molar-refractivity contribution in [1.29, 1.82) is 0 Å². The molecule has 2 rings (SSSR count). The molecule has 1 N–H and O–H groups in total. The second-order valence-corrected chi connectivity index (χ2v) is 5.46. The molecular weight excluding hydrogens is 280 g/mol. The van der Waals surface area contributed by atoms with Gasteiger partial charge in [-0.1, -0.05) is 6.58 Å². The van der Waals surface area contributed by atoms with Crippen LogP contribution in [0.5, 0.6) is 0 Å². The number of esters is 1. The maximum Gasteiger partial charge on any atom is 0.336 e. The summed E-state index contributed by atoms with van der Waals surface area (Å²) in [6.07, 6.45) is -3.76. The van der Waals surface area contributed by atoms with E-state index in [0.29, 0.717) is 0 Å². The Balaban J connectivity index is 2.08. The number of methoxy groups -OCH3 is 1. The van der Waals surface area contributed by atoms with E-state index in [1.807, 2.05) is 0 Å². The van der Waals surface area contributed by atoms with Crippen molar-refractivity contribution in [2.24, 2.45) is 0 Å². The van der Waals surface area contributed by atoms with Gasteiger partial charge in [-0.2, -0.15) is 0 Å². The highest BCUT2D eigenvalue weighted by Crippen LogP contribution is 2.40. The molecule has 0 saturated carbocycles. The van der Waals surface area contributed by atoms with Gasteiger partial charge in [-0.3, -0.25) is 0 Å². The van der Waals surface area contributed by atoms with Crippen molar-refractivity contribution in [3.05, 3.63) is 12.2 Å². The summed E-state index contributed by atoms with van der Waals surface area (Å²) >= 11 is 0. The Bertz CT molecular complexity index is 420. The van der Waals surface area contributed by atoms with Crippen molar-refractivity contribution in [1.82, 2.24) is 0 Å². The molecule has 0 aromatic heterocycles. The van der Waals surface area contributed by atoms with Crippen molar-refractivity contribution < 1.29 is 33.6 Å². The van der Waals surface area contributed by atoms with E-state index in [1.165, 1.54) is 7.11 Å². The molecule has 7 nitrogen and oxygen atoms in total. The summed E-state index contributed by atoms with van der Waals surface area (Å²) < 4.78 is 27.1. The van der Waals surface area contributed by atoms with Gasteiger partial charge >= 0.3 is 5.97 Å². The van der Waals surface area contributed by atoms with Crippen LogP contribution in [0.3, 0.4) is 0 Å². The van der Waals surface area contributed by atoms with Crippen LogP contribution in [0, 0.1) is 0 Å². The smallest absolute Gasteiger partial charge is 0.336 e. The van der Waals surface area contributed by atoms with Crippen LogP contribution in [0.1, 0.15) is 20.8 Å². The van der Waals surface area contributed by atoms with Crippen LogP contribution in [0.25, 0.3) is 0 Å². The van der Waals surface area contributed by atoms with Crippen molar-refractivity contribution in [3.8, 4) is 0 Å². The molecule has 2 saturated heterocycles. The molecule has 0 radical (unpaired) electrons. The Morgan fingerprint density at radius 2 is 2.10 bits per heavy atom. The lowest BCUT2D eigenvalue weighted by molar-refractivity contribution is -0.225. The molecular formula is C14H22O7. The fourth-order valence-corrected chi connectivity index (χ4v) is 2.57. The van der Waals surface area contributed by atoms with Gasteiger partial charge in [0.25, 0.3) is 0 Å². The third-order valence-electron chi connectivity index (χ3n) is 3.50. The van der Waals surface area contributed by atoms with E-state index in [4.69, 9.17) is 23.7 Å². The monoisotopic (exact) mass is 302 g/mol. The predicted octanol–water partition coefficient (Wildman–Crippen LogP) is 0.358. The first-order valence-corrected chi connectivity index (χ1v) is 6.88. The van der Waals surface area contributed by atoms with Crippen molar-refractivity contribution in [3.63, 3.8) is 0 Å². The summed E-state index contributed by atoms with van der Waals surface area (Å²) in [5.41, 5.74) is -0.0804. The van der Waals surface area contributed by atoms with Crippen LogP contribution in [0.4, 0.5) is 0 Å². The fourth-order valence-electron chi connectivity index (χ4n) is 2.57. The van der Waals surface area contributed by atoms with E-state index in [9.17, 15) is 9.90 Å². The van der Waals surface area contributed by atoms with E-state index in [0.717, 1.165) is 0 Å². The van der Waals surface area contributed by atoms with Crippen LogP contribution >= 0.6 is 0 Å². The zero-order chi connectivity index (χ0) is 15.8. The average molecular weight is 302 g/mol. The summed E-state index contributed by atoms with van der Waals surface area (Å²) in [7, 11) is 1.48. The number of aliphatic hydroxyl groups excluding tert-OH is 1. The standard InChI is InChI=1S/C14H22O7/c1-6-18-12(16)7(2)8(15)9-10(17-5)11-13(19-9)21-14(3,4)20-11/h8-11,13,15H,2,6H2,1,3-5H3/t8?,9?,10-,11+,13+/m0/s1. The molecule has 0 bridgehead atoms. The topological polar surface area (TPSA) is 83.5 Å². The van der Waals surface area contributed by atoms with Crippen LogP contribution in [-0.4, -0.2) is 61.3 Å². The highest BCUT2D eigenvalue weighted by molar-refractivity contribution is 5.88. The fraction of sp³-hybridized carbons (Fsp3) is 0.786. The maximum absolute atomic E-state index is 11.6. The first-order valence-electron chi connectivity index (χ1n) is 6.88. The summed E-state index contributed by atoms with van der Waals surface area (Å²) in [4.78, 5) is 11.6. The third-order valence-corrected chi connectivity index (χ3v) is 3.50. The lowest BCUT2D eigenvalue weighted by Gasteiger charge is -2.28. The highest BCUT2D eigenvalue weighted by atomic mass is 16.8. The zero-order valence-electron chi connectivity index (χ0n) is 12.7. The summed E-state index contributed by atoms with van der Waals surface area (Å²) in [6, 6.07) is 0. The Morgan fingerprint density at radius 1 is 1.43 bits per heavy atom. The minimum atomic E-state index is -1.25. The molecule has 0 amide bonds. The molecule has 120 valence electrons. The van der Waals surface area contributed by atoms with Crippen molar-refractivity contribution in [2.45, 2.75) is 57.3 Å². The van der Waals surface area contributed by atoms with Gasteiger partial charge in [0.15, 0.2) is 12.1 Å². The molecule has 0 aromatic carbocycles. The van der Waals surface area contributed by atoms with Gasteiger partial charge in [0, 0.05) is 7.11 Å². The Labute approximate surface area is 123 Å². The Hall–Kier alpha value is -0.990. The molecule has 2 aliphatic rings. The number of hydrogen-bond donors (Lipinski definition) is 1. The number of hydrogen-bond acceptors (Lipinski definition) is 7. The largest absolute Gasteiger partial charge is 0.463 e. The van der Waals surface area contributed by atoms with E-state index >= 15 is 0 Å². The SMILES string of the molecule is C=C(C(=O)OCC)C(O)C1O[C@@H]2OC(C)(C)O[C@@H]2[C@H]1OC. The molecule has 0 spiro atoms. The van der Waals surface area contributed by atoms with Gasteiger partial charge in [0.2, 0.25) is 0 Å². The second-order valence-electron chi connectivity index (χ2n) is 5.46. The summed E-state index contributed by atoms with van der Waals surface area (Å²) in [6.45, 7) is 8.98. The molecule has 0 aliphatic carbocycles.